The zero-order valence-corrected chi connectivity index (χ0v) is 11.5. The smallest absolute Gasteiger partial charge is 0.221 e. The number of nitrogens with one attached hydrogen (secondary N) is 1. The molecule has 0 saturated carbocycles. The van der Waals surface area contributed by atoms with E-state index in [1.807, 2.05) is 13.1 Å². The predicted molar refractivity (Wildman–Crippen MR) is 72.0 cm³/mol. The van der Waals surface area contributed by atoms with Crippen LogP contribution in [-0.2, 0) is 4.79 Å². The zero-order valence-electron chi connectivity index (χ0n) is 10.6. The van der Waals surface area contributed by atoms with Gasteiger partial charge in [0.25, 0.3) is 0 Å². The maximum Gasteiger partial charge on any atom is 0.221 e. The Hall–Kier alpha value is -0.910. The highest BCUT2D eigenvalue weighted by Crippen LogP contribution is 2.25. The van der Waals surface area contributed by atoms with Crippen molar-refractivity contribution in [2.24, 2.45) is 5.73 Å². The molecule has 3 N–H and O–H groups in total. The van der Waals surface area contributed by atoms with Crippen molar-refractivity contribution in [3.8, 4) is 0 Å². The summed E-state index contributed by atoms with van der Waals surface area (Å²) in [5.74, 6) is 0.0330. The summed E-state index contributed by atoms with van der Waals surface area (Å²) in [6.45, 7) is 2.62. The van der Waals surface area contributed by atoms with E-state index in [2.05, 4.69) is 28.6 Å². The molecule has 4 nitrogen and oxygen atoms in total. The Kier molecular flexibility index (Phi) is 5.61. The normalized spacial score (nSPS) is 14.6. The van der Waals surface area contributed by atoms with Crippen molar-refractivity contribution in [2.75, 3.05) is 20.6 Å². The molecule has 1 aromatic heterocycles. The second kappa shape index (κ2) is 6.74. The van der Waals surface area contributed by atoms with E-state index in [9.17, 15) is 4.79 Å². The highest BCUT2D eigenvalue weighted by atomic mass is 32.1. The Balaban J connectivity index is 2.65. The van der Waals surface area contributed by atoms with Crippen LogP contribution in [0.4, 0.5) is 0 Å². The minimum absolute atomic E-state index is 0.0330. The van der Waals surface area contributed by atoms with E-state index in [0.29, 0.717) is 13.0 Å². The summed E-state index contributed by atoms with van der Waals surface area (Å²) in [4.78, 5) is 14.9. The molecular weight excluding hydrogens is 234 g/mol. The molecule has 1 aromatic rings. The first-order valence-electron chi connectivity index (χ1n) is 5.76. The minimum Gasteiger partial charge on any atom is -0.359 e. The Bertz CT molecular complexity index is 340. The number of hydrogen-bond acceptors (Lipinski definition) is 4. The van der Waals surface area contributed by atoms with Gasteiger partial charge in [0.1, 0.15) is 0 Å². The number of carbonyl (C=O) groups is 1. The lowest BCUT2D eigenvalue weighted by Crippen LogP contribution is -2.42. The van der Waals surface area contributed by atoms with Crippen LogP contribution in [0.15, 0.2) is 17.5 Å². The fourth-order valence-electron chi connectivity index (χ4n) is 1.76. The zero-order chi connectivity index (χ0) is 12.8. The number of likely N-dealkylation sites (N-methyl/N-ethyl adjacent to an activating group) is 1. The van der Waals surface area contributed by atoms with Crippen molar-refractivity contribution in [2.45, 2.75) is 25.4 Å². The van der Waals surface area contributed by atoms with Crippen LogP contribution in [-0.4, -0.2) is 37.5 Å². The summed E-state index contributed by atoms with van der Waals surface area (Å²) in [5, 5.41) is 4.71. The maximum atomic E-state index is 11.4. The van der Waals surface area contributed by atoms with Gasteiger partial charge in [0.2, 0.25) is 5.91 Å². The highest BCUT2D eigenvalue weighted by Gasteiger charge is 2.22. The van der Waals surface area contributed by atoms with Gasteiger partial charge in [-0.15, -0.1) is 11.3 Å². The van der Waals surface area contributed by atoms with Crippen molar-refractivity contribution in [3.63, 3.8) is 0 Å². The van der Waals surface area contributed by atoms with Crippen LogP contribution in [0.25, 0.3) is 0 Å². The number of hydrogen-bond donors (Lipinski definition) is 2. The number of amides is 1. The summed E-state index contributed by atoms with van der Waals surface area (Å²) >= 11 is 1.73. The molecule has 0 aliphatic heterocycles. The fourth-order valence-corrected chi connectivity index (χ4v) is 2.59. The molecule has 0 spiro atoms. The molecule has 1 rings (SSSR count). The SMILES string of the molecule is CNC(=O)CC(CN)N(C)C(C)c1cccs1. The van der Waals surface area contributed by atoms with E-state index < -0.39 is 0 Å². The number of thiophene rings is 1. The van der Waals surface area contributed by atoms with Crippen LogP contribution in [0, 0.1) is 0 Å². The third-order valence-electron chi connectivity index (χ3n) is 3.11. The van der Waals surface area contributed by atoms with Gasteiger partial charge in [-0.25, -0.2) is 0 Å². The first-order valence-corrected chi connectivity index (χ1v) is 6.64. The Morgan fingerprint density at radius 2 is 2.35 bits per heavy atom. The van der Waals surface area contributed by atoms with E-state index >= 15 is 0 Å². The van der Waals surface area contributed by atoms with Gasteiger partial charge in [-0.1, -0.05) is 6.07 Å². The summed E-state index contributed by atoms with van der Waals surface area (Å²) < 4.78 is 0. The summed E-state index contributed by atoms with van der Waals surface area (Å²) in [6, 6.07) is 4.51. The Labute approximate surface area is 107 Å². The standard InChI is InChI=1S/C12H21N3OS/c1-9(11-5-4-6-17-11)15(3)10(8-13)7-12(16)14-2/h4-6,9-10H,7-8,13H2,1-3H3,(H,14,16). The van der Waals surface area contributed by atoms with Crippen LogP contribution >= 0.6 is 11.3 Å². The number of carbonyl (C=O) groups excluding carboxylic acids is 1. The average Bonchev–Trinajstić information content (AvgIpc) is 2.87. The molecule has 17 heavy (non-hydrogen) atoms. The molecule has 0 aromatic carbocycles. The third-order valence-corrected chi connectivity index (χ3v) is 4.16. The average molecular weight is 255 g/mol. The molecule has 2 unspecified atom stereocenters. The number of nitrogens with zero attached hydrogens (tertiary/aromatic N) is 1. The van der Waals surface area contributed by atoms with E-state index in [-0.39, 0.29) is 18.0 Å². The summed E-state index contributed by atoms with van der Waals surface area (Å²) in [7, 11) is 3.67. The molecule has 5 heteroatoms. The Morgan fingerprint density at radius 3 is 2.82 bits per heavy atom. The molecular formula is C12H21N3OS. The lowest BCUT2D eigenvalue weighted by molar-refractivity contribution is -0.121. The van der Waals surface area contributed by atoms with Crippen molar-refractivity contribution >= 4 is 17.2 Å². The summed E-state index contributed by atoms with van der Waals surface area (Å²) in [5.41, 5.74) is 5.75. The molecule has 96 valence electrons. The number of nitrogens with two attached hydrogens (primary N) is 1. The monoisotopic (exact) mass is 255 g/mol. The van der Waals surface area contributed by atoms with Gasteiger partial charge in [-0.05, 0) is 25.4 Å². The van der Waals surface area contributed by atoms with Crippen LogP contribution in [0.3, 0.4) is 0 Å². The molecule has 0 bridgehead atoms. The second-order valence-electron chi connectivity index (χ2n) is 4.12. The van der Waals surface area contributed by atoms with E-state index in [0.717, 1.165) is 0 Å². The first kappa shape index (κ1) is 14.2. The lowest BCUT2D eigenvalue weighted by atomic mass is 10.1. The summed E-state index contributed by atoms with van der Waals surface area (Å²) in [6.07, 6.45) is 0.444. The van der Waals surface area contributed by atoms with E-state index in [1.54, 1.807) is 18.4 Å². The van der Waals surface area contributed by atoms with Gasteiger partial charge in [0.05, 0.1) is 0 Å². The molecule has 0 fully saturated rings. The Morgan fingerprint density at radius 1 is 1.65 bits per heavy atom. The van der Waals surface area contributed by atoms with Crippen molar-refractivity contribution in [3.05, 3.63) is 22.4 Å². The number of rotatable bonds is 6. The van der Waals surface area contributed by atoms with Gasteiger partial charge in [0.15, 0.2) is 0 Å². The van der Waals surface area contributed by atoms with Crippen molar-refractivity contribution < 1.29 is 4.79 Å². The highest BCUT2D eigenvalue weighted by molar-refractivity contribution is 7.10. The van der Waals surface area contributed by atoms with E-state index in [4.69, 9.17) is 5.73 Å². The van der Waals surface area contributed by atoms with Crippen LogP contribution < -0.4 is 11.1 Å². The van der Waals surface area contributed by atoms with Gasteiger partial charge in [-0.3, -0.25) is 9.69 Å². The van der Waals surface area contributed by atoms with Crippen molar-refractivity contribution in [1.82, 2.24) is 10.2 Å². The fraction of sp³-hybridized carbons (Fsp3) is 0.583. The van der Waals surface area contributed by atoms with Gasteiger partial charge < -0.3 is 11.1 Å². The van der Waals surface area contributed by atoms with Crippen LogP contribution in [0.2, 0.25) is 0 Å². The van der Waals surface area contributed by atoms with Crippen LogP contribution in [0.1, 0.15) is 24.3 Å². The van der Waals surface area contributed by atoms with Crippen LogP contribution in [0.5, 0.6) is 0 Å². The molecule has 2 atom stereocenters. The molecule has 0 radical (unpaired) electrons. The van der Waals surface area contributed by atoms with E-state index in [1.165, 1.54) is 4.88 Å². The minimum atomic E-state index is 0.0330. The van der Waals surface area contributed by atoms with Gasteiger partial charge >= 0.3 is 0 Å². The third kappa shape index (κ3) is 3.80. The molecule has 0 aliphatic carbocycles. The van der Waals surface area contributed by atoms with Crippen molar-refractivity contribution in [1.29, 1.82) is 0 Å². The predicted octanol–water partition coefficient (Wildman–Crippen LogP) is 1.20. The largest absolute Gasteiger partial charge is 0.359 e. The quantitative estimate of drug-likeness (QED) is 0.803. The van der Waals surface area contributed by atoms with Gasteiger partial charge in [0, 0.05) is 37.0 Å². The van der Waals surface area contributed by atoms with Gasteiger partial charge in [-0.2, -0.15) is 0 Å². The lowest BCUT2D eigenvalue weighted by Gasteiger charge is -2.31. The second-order valence-corrected chi connectivity index (χ2v) is 5.10. The molecule has 0 saturated heterocycles. The molecule has 0 aliphatic rings. The topological polar surface area (TPSA) is 58.4 Å². The molecule has 1 heterocycles. The molecule has 1 amide bonds. The maximum absolute atomic E-state index is 11.4. The first-order chi connectivity index (χ1) is 8.10.